The van der Waals surface area contributed by atoms with Crippen LogP contribution in [0.2, 0.25) is 0 Å². The minimum absolute atomic E-state index is 0. The third kappa shape index (κ3) is 8.37. The minimum Gasteiger partial charge on any atom is -0.357 e. The number of rotatable bonds is 8. The van der Waals surface area contributed by atoms with Crippen LogP contribution in [0.1, 0.15) is 33.1 Å². The van der Waals surface area contributed by atoms with E-state index in [4.69, 9.17) is 4.99 Å². The van der Waals surface area contributed by atoms with Crippen molar-refractivity contribution in [2.45, 2.75) is 39.7 Å². The summed E-state index contributed by atoms with van der Waals surface area (Å²) in [5.74, 6) is 1.54. The normalized spacial score (nSPS) is 17.2. The molecule has 2 heterocycles. The van der Waals surface area contributed by atoms with Gasteiger partial charge < -0.3 is 20.1 Å². The van der Waals surface area contributed by atoms with Crippen LogP contribution in [0.3, 0.4) is 0 Å². The smallest absolute Gasteiger partial charge is 0.191 e. The van der Waals surface area contributed by atoms with Gasteiger partial charge in [0.15, 0.2) is 5.96 Å². The number of halogens is 1. The van der Waals surface area contributed by atoms with E-state index in [2.05, 4.69) is 58.5 Å². The first kappa shape index (κ1) is 21.3. The van der Waals surface area contributed by atoms with Gasteiger partial charge in [0, 0.05) is 45.1 Å². The highest BCUT2D eigenvalue weighted by atomic mass is 127. The fourth-order valence-electron chi connectivity index (χ4n) is 3.05. The van der Waals surface area contributed by atoms with Gasteiger partial charge in [-0.25, -0.2) is 0 Å². The molecule has 1 aliphatic heterocycles. The van der Waals surface area contributed by atoms with Crippen molar-refractivity contribution in [3.05, 3.63) is 24.5 Å². The average molecular weight is 447 g/mol. The van der Waals surface area contributed by atoms with Gasteiger partial charge in [-0.05, 0) is 50.9 Å². The molecule has 1 fully saturated rings. The topological polar surface area (TPSA) is 44.6 Å². The van der Waals surface area contributed by atoms with E-state index in [0.717, 1.165) is 32.1 Å². The third-order valence-corrected chi connectivity index (χ3v) is 4.25. The summed E-state index contributed by atoms with van der Waals surface area (Å²) < 4.78 is 2.18. The molecule has 0 aromatic carbocycles. The van der Waals surface area contributed by atoms with E-state index in [9.17, 15) is 0 Å². The van der Waals surface area contributed by atoms with Crippen LogP contribution in [-0.2, 0) is 6.54 Å². The molecular weight excluding hydrogens is 413 g/mol. The lowest BCUT2D eigenvalue weighted by Crippen LogP contribution is -2.39. The van der Waals surface area contributed by atoms with Crippen molar-refractivity contribution >= 4 is 29.9 Å². The molecule has 1 aromatic heterocycles. The summed E-state index contributed by atoms with van der Waals surface area (Å²) in [7, 11) is 0. The van der Waals surface area contributed by atoms with Crippen LogP contribution in [0, 0.1) is 5.92 Å². The summed E-state index contributed by atoms with van der Waals surface area (Å²) in [5, 5.41) is 6.76. The van der Waals surface area contributed by atoms with Gasteiger partial charge in [0.1, 0.15) is 0 Å². The fourth-order valence-corrected chi connectivity index (χ4v) is 3.05. The predicted molar refractivity (Wildman–Crippen MR) is 113 cm³/mol. The Hall–Kier alpha value is -0.760. The largest absolute Gasteiger partial charge is 0.357 e. The Balaban J connectivity index is 0.00000288. The number of nitrogens with one attached hydrogen (secondary N) is 2. The number of guanidine groups is 1. The van der Waals surface area contributed by atoms with Crippen LogP contribution in [0.4, 0.5) is 0 Å². The SMILES string of the molecule is CCNC(=NCC(C)CN1CCCCC1)NCCn1cccc1.I. The second kappa shape index (κ2) is 12.6. The average Bonchev–Trinajstić information content (AvgIpc) is 3.07. The molecule has 5 nitrogen and oxygen atoms in total. The van der Waals surface area contributed by atoms with Gasteiger partial charge in [-0.15, -0.1) is 24.0 Å². The summed E-state index contributed by atoms with van der Waals surface area (Å²) in [6, 6.07) is 4.11. The summed E-state index contributed by atoms with van der Waals surface area (Å²) in [5.41, 5.74) is 0. The quantitative estimate of drug-likeness (QED) is 0.366. The van der Waals surface area contributed by atoms with Crippen molar-refractivity contribution in [1.82, 2.24) is 20.1 Å². The van der Waals surface area contributed by atoms with Gasteiger partial charge in [-0.2, -0.15) is 0 Å². The van der Waals surface area contributed by atoms with Crippen molar-refractivity contribution in [3.8, 4) is 0 Å². The van der Waals surface area contributed by atoms with E-state index in [-0.39, 0.29) is 24.0 Å². The first-order valence-corrected chi connectivity index (χ1v) is 9.13. The molecule has 1 unspecified atom stereocenters. The van der Waals surface area contributed by atoms with Crippen LogP contribution >= 0.6 is 24.0 Å². The first-order valence-electron chi connectivity index (χ1n) is 9.13. The Morgan fingerprint density at radius 3 is 2.50 bits per heavy atom. The molecule has 24 heavy (non-hydrogen) atoms. The molecule has 1 aromatic rings. The number of likely N-dealkylation sites (tertiary alicyclic amines) is 1. The zero-order valence-electron chi connectivity index (χ0n) is 15.2. The summed E-state index contributed by atoms with van der Waals surface area (Å²) in [6.07, 6.45) is 8.30. The van der Waals surface area contributed by atoms with Crippen LogP contribution in [0.25, 0.3) is 0 Å². The Morgan fingerprint density at radius 1 is 1.12 bits per heavy atom. The first-order chi connectivity index (χ1) is 11.3. The minimum atomic E-state index is 0. The maximum absolute atomic E-state index is 4.76. The van der Waals surface area contributed by atoms with E-state index < -0.39 is 0 Å². The molecule has 2 N–H and O–H groups in total. The number of nitrogens with zero attached hydrogens (tertiary/aromatic N) is 3. The fraction of sp³-hybridized carbons (Fsp3) is 0.722. The van der Waals surface area contributed by atoms with E-state index in [0.29, 0.717) is 5.92 Å². The number of aromatic nitrogens is 1. The van der Waals surface area contributed by atoms with Gasteiger partial charge in [0.05, 0.1) is 0 Å². The zero-order valence-corrected chi connectivity index (χ0v) is 17.5. The molecule has 1 atom stereocenters. The van der Waals surface area contributed by atoms with E-state index in [1.54, 1.807) is 0 Å². The molecule has 0 bridgehead atoms. The van der Waals surface area contributed by atoms with Crippen LogP contribution < -0.4 is 10.6 Å². The van der Waals surface area contributed by atoms with Crippen molar-refractivity contribution in [2.24, 2.45) is 10.9 Å². The maximum Gasteiger partial charge on any atom is 0.191 e. The van der Waals surface area contributed by atoms with Gasteiger partial charge >= 0.3 is 0 Å². The van der Waals surface area contributed by atoms with Gasteiger partial charge in [0.2, 0.25) is 0 Å². The number of hydrogen-bond donors (Lipinski definition) is 2. The Labute approximate surface area is 164 Å². The van der Waals surface area contributed by atoms with E-state index >= 15 is 0 Å². The molecule has 6 heteroatoms. The molecule has 0 amide bonds. The third-order valence-electron chi connectivity index (χ3n) is 4.25. The van der Waals surface area contributed by atoms with Crippen LogP contribution in [0.15, 0.2) is 29.5 Å². The van der Waals surface area contributed by atoms with Crippen LogP contribution in [-0.4, -0.2) is 54.7 Å². The highest BCUT2D eigenvalue weighted by Gasteiger charge is 2.13. The molecule has 138 valence electrons. The summed E-state index contributed by atoms with van der Waals surface area (Å²) >= 11 is 0. The molecule has 2 rings (SSSR count). The van der Waals surface area contributed by atoms with Crippen molar-refractivity contribution < 1.29 is 0 Å². The number of aliphatic imine (C=N–C) groups is 1. The molecule has 1 aliphatic rings. The Morgan fingerprint density at radius 2 is 1.83 bits per heavy atom. The highest BCUT2D eigenvalue weighted by Crippen LogP contribution is 2.11. The lowest BCUT2D eigenvalue weighted by atomic mass is 10.1. The van der Waals surface area contributed by atoms with Crippen molar-refractivity contribution in [2.75, 3.05) is 39.3 Å². The van der Waals surface area contributed by atoms with Crippen molar-refractivity contribution in [3.63, 3.8) is 0 Å². The second-order valence-electron chi connectivity index (χ2n) is 6.53. The lowest BCUT2D eigenvalue weighted by molar-refractivity contribution is 0.203. The summed E-state index contributed by atoms with van der Waals surface area (Å²) in [6.45, 7) is 11.8. The standard InChI is InChI=1S/C18H33N5.HI/c1-3-19-18(20-9-14-22-10-7-8-11-22)21-15-17(2)16-23-12-5-4-6-13-23;/h7-8,10-11,17H,3-6,9,12-16H2,1-2H3,(H2,19,20,21);1H. The maximum atomic E-state index is 4.76. The Kier molecular flexibility index (Phi) is 11.2. The molecule has 0 spiro atoms. The number of piperidine rings is 1. The highest BCUT2D eigenvalue weighted by molar-refractivity contribution is 14.0. The predicted octanol–water partition coefficient (Wildman–Crippen LogP) is 2.78. The van der Waals surface area contributed by atoms with Crippen molar-refractivity contribution in [1.29, 1.82) is 0 Å². The van der Waals surface area contributed by atoms with Gasteiger partial charge in [-0.1, -0.05) is 13.3 Å². The molecule has 0 radical (unpaired) electrons. The summed E-state index contributed by atoms with van der Waals surface area (Å²) in [4.78, 5) is 7.35. The van der Waals surface area contributed by atoms with Crippen LogP contribution in [0.5, 0.6) is 0 Å². The number of hydrogen-bond acceptors (Lipinski definition) is 2. The molecule has 1 saturated heterocycles. The van der Waals surface area contributed by atoms with E-state index in [1.165, 1.54) is 38.9 Å². The molecular formula is C18H34IN5. The monoisotopic (exact) mass is 447 g/mol. The molecule has 0 aliphatic carbocycles. The second-order valence-corrected chi connectivity index (χ2v) is 6.53. The lowest BCUT2D eigenvalue weighted by Gasteiger charge is -2.28. The van der Waals surface area contributed by atoms with Gasteiger partial charge in [0.25, 0.3) is 0 Å². The zero-order chi connectivity index (χ0) is 16.3. The molecule has 0 saturated carbocycles. The van der Waals surface area contributed by atoms with E-state index in [1.807, 2.05) is 0 Å². The van der Waals surface area contributed by atoms with Gasteiger partial charge in [-0.3, -0.25) is 4.99 Å². The Bertz CT molecular complexity index is 440.